The maximum absolute atomic E-state index is 13.8. The van der Waals surface area contributed by atoms with Gasteiger partial charge in [0, 0.05) is 0 Å². The van der Waals surface area contributed by atoms with E-state index in [0.29, 0.717) is 0 Å². The second-order valence-corrected chi connectivity index (χ2v) is 20.3. The monoisotopic (exact) mass is 609 g/mol. The lowest BCUT2D eigenvalue weighted by atomic mass is 10.00. The van der Waals surface area contributed by atoms with Gasteiger partial charge < -0.3 is 24.0 Å². The van der Waals surface area contributed by atoms with E-state index in [1.165, 1.54) is 6.33 Å². The highest BCUT2D eigenvalue weighted by molar-refractivity contribution is 14.1. The molecule has 4 atom stereocenters. The van der Waals surface area contributed by atoms with Gasteiger partial charge in [0.2, 0.25) is 5.95 Å². The fourth-order valence-corrected chi connectivity index (χ4v) is 7.25. The Morgan fingerprint density at radius 1 is 1.33 bits per heavy atom. The van der Waals surface area contributed by atoms with Crippen molar-refractivity contribution in [3.63, 3.8) is 0 Å². The lowest BCUT2D eigenvalue weighted by Gasteiger charge is -2.46. The Morgan fingerprint density at radius 3 is 2.48 bits per heavy atom. The third-order valence-electron chi connectivity index (χ3n) is 6.48. The van der Waals surface area contributed by atoms with Crippen LogP contribution in [-0.2, 0) is 18.5 Å². The molecule has 184 valence electrons. The Bertz CT molecular complexity index is 1190. The number of Topliss-reactive ketones (excluding diaryl/α,β-unsaturated/α-hetero) is 1. The summed E-state index contributed by atoms with van der Waals surface area (Å²) in [6, 6.07) is -0.856. The maximum Gasteiger partial charge on any atom is 0.280 e. The summed E-state index contributed by atoms with van der Waals surface area (Å²) >= 11 is 2.20. The number of anilines is 1. The lowest BCUT2D eigenvalue weighted by Crippen LogP contribution is -2.54. The van der Waals surface area contributed by atoms with Crippen LogP contribution in [-0.4, -0.2) is 68.9 Å². The van der Waals surface area contributed by atoms with Crippen LogP contribution < -0.4 is 11.3 Å². The average molecular weight is 609 g/mol. The van der Waals surface area contributed by atoms with Crippen molar-refractivity contribution in [2.45, 2.75) is 67.5 Å². The van der Waals surface area contributed by atoms with Gasteiger partial charge >= 0.3 is 0 Å². The smallest absolute Gasteiger partial charge is 0.280 e. The Balaban J connectivity index is 2.18. The number of halogens is 1. The number of carbonyl (C=O) groups is 1. The molecule has 0 bridgehead atoms. The Labute approximate surface area is 208 Å². The van der Waals surface area contributed by atoms with Crippen molar-refractivity contribution < 1.29 is 18.5 Å². The minimum atomic E-state index is -2.52. The Hall–Kier alpha value is -1.08. The average Bonchev–Trinajstić information content (AvgIpc) is 3.09. The van der Waals surface area contributed by atoms with Gasteiger partial charge in [0.05, 0.1) is 15.9 Å². The van der Waals surface area contributed by atoms with Crippen molar-refractivity contribution in [3.05, 3.63) is 16.7 Å². The van der Waals surface area contributed by atoms with Crippen molar-refractivity contribution in [1.29, 1.82) is 0 Å². The number of hydrogen-bond donors (Lipinski definition) is 2. The second-order valence-electron chi connectivity index (χ2n) is 10.8. The second kappa shape index (κ2) is 8.54. The van der Waals surface area contributed by atoms with Crippen LogP contribution in [0.1, 0.15) is 33.7 Å². The zero-order valence-corrected chi connectivity index (χ0v) is 24.4. The van der Waals surface area contributed by atoms with E-state index in [1.54, 1.807) is 17.9 Å². The van der Waals surface area contributed by atoms with E-state index < -0.39 is 38.8 Å². The number of nitrogens with one attached hydrogen (secondary N) is 1. The van der Waals surface area contributed by atoms with Gasteiger partial charge in [-0.2, -0.15) is 4.98 Å². The molecule has 13 heteroatoms. The number of fused-ring (bicyclic) bond motifs is 1. The van der Waals surface area contributed by atoms with Crippen LogP contribution in [0.25, 0.3) is 11.2 Å². The first-order chi connectivity index (χ1) is 14.9. The van der Waals surface area contributed by atoms with E-state index in [4.69, 9.17) is 14.9 Å². The third kappa shape index (κ3) is 4.86. The molecule has 0 aliphatic heterocycles. The van der Waals surface area contributed by atoms with Crippen molar-refractivity contribution in [1.82, 2.24) is 19.5 Å². The highest BCUT2D eigenvalue weighted by Gasteiger charge is 2.62. The van der Waals surface area contributed by atoms with Gasteiger partial charge in [-0.25, -0.2) is 4.98 Å². The van der Waals surface area contributed by atoms with Gasteiger partial charge in [0.15, 0.2) is 25.3 Å². The molecule has 10 nitrogen and oxygen atoms in total. The number of carbonyl (C=O) groups excluding carboxylic acids is 1. The standard InChI is InChI=1S/C20H33IN5O5PSi/c1-19(2,3)33(7,8)31-20(4)14(21)13(30-10-32(5,6)29)12(27)15(20)26-9-23-11-16(26)24-18(22)25-17(11)28/h9,13-15H,10H2,1-8H3,(H3,22,24,25,28)/t13-,14+,15+,20+/m0/s1. The van der Waals surface area contributed by atoms with Crippen molar-refractivity contribution in [2.24, 2.45) is 0 Å². The molecule has 1 saturated carbocycles. The first kappa shape index (κ1) is 26.5. The molecule has 0 spiro atoms. The predicted molar refractivity (Wildman–Crippen MR) is 140 cm³/mol. The number of aromatic amines is 1. The van der Waals surface area contributed by atoms with Crippen LogP contribution >= 0.6 is 29.7 Å². The Kier molecular flexibility index (Phi) is 6.86. The van der Waals surface area contributed by atoms with Gasteiger partial charge in [0.1, 0.15) is 25.6 Å². The number of ether oxygens (including phenoxy) is 1. The molecule has 0 radical (unpaired) electrons. The van der Waals surface area contributed by atoms with Crippen LogP contribution in [0.15, 0.2) is 11.1 Å². The zero-order chi connectivity index (χ0) is 25.1. The van der Waals surface area contributed by atoms with Gasteiger partial charge in [-0.1, -0.05) is 43.4 Å². The van der Waals surface area contributed by atoms with E-state index in [-0.39, 0.29) is 38.2 Å². The summed E-state index contributed by atoms with van der Waals surface area (Å²) in [6.45, 7) is 15.8. The number of nitrogen functional groups attached to an aromatic ring is 1. The number of rotatable bonds is 6. The van der Waals surface area contributed by atoms with E-state index in [1.807, 2.05) is 6.92 Å². The normalized spacial score (nSPS) is 26.9. The van der Waals surface area contributed by atoms with Crippen LogP contribution in [0.4, 0.5) is 5.95 Å². The first-order valence-corrected chi connectivity index (χ1v) is 17.6. The molecule has 3 rings (SSSR count). The van der Waals surface area contributed by atoms with Crippen molar-refractivity contribution in [3.8, 4) is 0 Å². The summed E-state index contributed by atoms with van der Waals surface area (Å²) in [5, 5.41) is -0.113. The maximum atomic E-state index is 13.8. The molecule has 0 amide bonds. The molecule has 0 saturated heterocycles. The van der Waals surface area contributed by atoms with Gasteiger partial charge in [-0.15, -0.1) is 0 Å². The third-order valence-corrected chi connectivity index (χ3v) is 13.7. The SMILES string of the molecule is CC(C)(C)[Si](C)(C)O[C@]1(C)[C@H](I)[C@@H](OCP(C)(C)=O)C(=O)[C@H]1n1cnc2c(=O)[nH]c(N)nc21. The van der Waals surface area contributed by atoms with E-state index in [9.17, 15) is 14.2 Å². The quantitative estimate of drug-likeness (QED) is 0.220. The van der Waals surface area contributed by atoms with Crippen molar-refractivity contribution in [2.75, 3.05) is 25.4 Å². The zero-order valence-electron chi connectivity index (χ0n) is 20.3. The number of ketones is 1. The molecule has 1 aliphatic rings. The number of aromatic nitrogens is 4. The topological polar surface area (TPSA) is 142 Å². The summed E-state index contributed by atoms with van der Waals surface area (Å²) in [7, 11) is -4.88. The summed E-state index contributed by atoms with van der Waals surface area (Å²) in [5.41, 5.74) is 4.61. The molecule has 2 heterocycles. The highest BCUT2D eigenvalue weighted by Crippen LogP contribution is 2.51. The fraction of sp³-hybridized carbons (Fsp3) is 0.700. The number of alkyl halides is 1. The number of nitrogens with two attached hydrogens (primary N) is 1. The van der Waals surface area contributed by atoms with Crippen molar-refractivity contribution >= 4 is 60.9 Å². The predicted octanol–water partition coefficient (Wildman–Crippen LogP) is 3.38. The van der Waals surface area contributed by atoms with Crippen LogP contribution in [0, 0.1) is 0 Å². The largest absolute Gasteiger partial charge is 0.408 e. The minimum absolute atomic E-state index is 0.0126. The molecule has 33 heavy (non-hydrogen) atoms. The van der Waals surface area contributed by atoms with Gasteiger partial charge in [-0.05, 0) is 38.4 Å². The minimum Gasteiger partial charge on any atom is -0.408 e. The summed E-state index contributed by atoms with van der Waals surface area (Å²) in [6.07, 6.45) is 0.579. The number of hydrogen-bond acceptors (Lipinski definition) is 8. The molecular formula is C20H33IN5O5PSi. The number of imidazole rings is 1. The Morgan fingerprint density at radius 2 is 1.94 bits per heavy atom. The molecule has 0 aromatic carbocycles. The van der Waals surface area contributed by atoms with Crippen LogP contribution in [0.2, 0.25) is 18.1 Å². The van der Waals surface area contributed by atoms with E-state index in [2.05, 4.69) is 71.4 Å². The molecule has 1 aliphatic carbocycles. The highest BCUT2D eigenvalue weighted by atomic mass is 127. The van der Waals surface area contributed by atoms with Crippen LogP contribution in [0.3, 0.4) is 0 Å². The van der Waals surface area contributed by atoms with Gasteiger partial charge in [-0.3, -0.25) is 14.6 Å². The molecule has 2 aromatic rings. The number of nitrogens with zero attached hydrogens (tertiary/aromatic N) is 3. The lowest BCUT2D eigenvalue weighted by molar-refractivity contribution is -0.129. The molecule has 0 unspecified atom stereocenters. The molecular weight excluding hydrogens is 576 g/mol. The molecule has 3 N–H and O–H groups in total. The van der Waals surface area contributed by atoms with Crippen LogP contribution in [0.5, 0.6) is 0 Å². The summed E-state index contributed by atoms with van der Waals surface area (Å²) in [4.78, 5) is 37.1. The fourth-order valence-electron chi connectivity index (χ4n) is 3.82. The van der Waals surface area contributed by atoms with Gasteiger partial charge in [0.25, 0.3) is 5.56 Å². The van der Waals surface area contributed by atoms with E-state index >= 15 is 0 Å². The molecule has 1 fully saturated rings. The summed E-state index contributed by atoms with van der Waals surface area (Å²) < 4.78 is 26.4. The molecule has 2 aromatic heterocycles. The first-order valence-electron chi connectivity index (χ1n) is 10.6. The summed E-state index contributed by atoms with van der Waals surface area (Å²) in [5.74, 6) is -0.299. The number of H-pyrrole nitrogens is 1. The van der Waals surface area contributed by atoms with E-state index in [0.717, 1.165) is 0 Å².